The molecular weight excluding hydrogens is 348 g/mol. The van der Waals surface area contributed by atoms with Gasteiger partial charge in [0.05, 0.1) is 0 Å². The summed E-state index contributed by atoms with van der Waals surface area (Å²) < 4.78 is 0. The molecule has 124 valence electrons. The number of allylic oxidation sites excluding steroid dienone is 2. The standard InChI is InChI=1S/2C7H6OS.C4H8.ClH/c2*8-7(9)6-4-2-1-3-5-6;1-3-4-2;/h2*1-5H,(H,8,9);3-4H,1-2H3;1H. The van der Waals surface area contributed by atoms with Gasteiger partial charge in [0.15, 0.2) is 0 Å². The van der Waals surface area contributed by atoms with Crippen molar-refractivity contribution < 1.29 is 9.59 Å². The average Bonchev–Trinajstić information content (AvgIpc) is 2.57. The van der Waals surface area contributed by atoms with Gasteiger partial charge in [-0.05, 0) is 13.8 Å². The fourth-order valence-electron chi connectivity index (χ4n) is 1.16. The Morgan fingerprint density at radius 3 is 1.09 bits per heavy atom. The van der Waals surface area contributed by atoms with Crippen LogP contribution in [-0.2, 0) is 0 Å². The van der Waals surface area contributed by atoms with Crippen molar-refractivity contribution in [1.82, 2.24) is 0 Å². The Hall–Kier alpha value is -1.49. The van der Waals surface area contributed by atoms with Crippen molar-refractivity contribution >= 4 is 47.9 Å². The lowest BCUT2D eigenvalue weighted by Gasteiger charge is -1.88. The SMILES string of the molecule is CC=CC.Cl.O=C(S)c1ccccc1.O=C(S)c1ccccc1. The van der Waals surface area contributed by atoms with E-state index in [2.05, 4.69) is 25.3 Å². The maximum atomic E-state index is 10.5. The number of hydrogen-bond acceptors (Lipinski definition) is 2. The van der Waals surface area contributed by atoms with Crippen LogP contribution in [0.2, 0.25) is 0 Å². The van der Waals surface area contributed by atoms with Crippen LogP contribution >= 0.6 is 37.7 Å². The number of rotatable bonds is 2. The van der Waals surface area contributed by atoms with Gasteiger partial charge in [-0.2, -0.15) is 0 Å². The van der Waals surface area contributed by atoms with Crippen molar-refractivity contribution in [3.8, 4) is 0 Å². The first-order valence-corrected chi connectivity index (χ1v) is 7.56. The van der Waals surface area contributed by atoms with Crippen LogP contribution in [0.5, 0.6) is 0 Å². The second kappa shape index (κ2) is 15.4. The number of thiol groups is 2. The molecule has 0 aliphatic heterocycles. The summed E-state index contributed by atoms with van der Waals surface area (Å²) in [5.74, 6) is 0. The van der Waals surface area contributed by atoms with E-state index in [0.29, 0.717) is 11.1 Å². The van der Waals surface area contributed by atoms with E-state index < -0.39 is 0 Å². The summed E-state index contributed by atoms with van der Waals surface area (Å²) in [4.78, 5) is 21.0. The van der Waals surface area contributed by atoms with Gasteiger partial charge in [0, 0.05) is 11.1 Å². The highest BCUT2D eigenvalue weighted by Gasteiger charge is 1.94. The molecule has 0 radical (unpaired) electrons. The molecule has 0 unspecified atom stereocenters. The second-order valence-corrected chi connectivity index (χ2v) is 4.82. The molecule has 0 aliphatic carbocycles. The highest BCUT2D eigenvalue weighted by Crippen LogP contribution is 2.01. The summed E-state index contributed by atoms with van der Waals surface area (Å²) >= 11 is 7.30. The number of carbonyl (C=O) groups excluding carboxylic acids is 2. The van der Waals surface area contributed by atoms with E-state index in [1.165, 1.54) is 0 Å². The Bertz CT molecular complexity index is 531. The smallest absolute Gasteiger partial charge is 0.216 e. The molecule has 0 fully saturated rings. The molecule has 0 spiro atoms. The molecule has 2 aromatic rings. The van der Waals surface area contributed by atoms with Crippen molar-refractivity contribution in [3.63, 3.8) is 0 Å². The predicted octanol–water partition coefficient (Wildman–Crippen LogP) is 5.52. The van der Waals surface area contributed by atoms with Crippen molar-refractivity contribution in [3.05, 3.63) is 83.9 Å². The number of benzene rings is 2. The van der Waals surface area contributed by atoms with Crippen molar-refractivity contribution in [1.29, 1.82) is 0 Å². The third-order valence-electron chi connectivity index (χ3n) is 2.37. The highest BCUT2D eigenvalue weighted by molar-refractivity contribution is 7.97. The summed E-state index contributed by atoms with van der Waals surface area (Å²) in [5, 5.41) is -0.369. The number of halogens is 1. The van der Waals surface area contributed by atoms with Gasteiger partial charge in [0.1, 0.15) is 0 Å². The number of hydrogen-bond donors (Lipinski definition) is 2. The normalized spacial score (nSPS) is 8.70. The molecule has 2 nitrogen and oxygen atoms in total. The third kappa shape index (κ3) is 12.7. The van der Waals surface area contributed by atoms with Gasteiger partial charge in [-0.1, -0.05) is 72.8 Å². The van der Waals surface area contributed by atoms with Crippen LogP contribution in [0.15, 0.2) is 72.8 Å². The Balaban J connectivity index is 0. The Kier molecular flexibility index (Phi) is 15.9. The first-order valence-electron chi connectivity index (χ1n) is 6.66. The molecule has 0 atom stereocenters. The van der Waals surface area contributed by atoms with Gasteiger partial charge in [0.2, 0.25) is 10.2 Å². The zero-order chi connectivity index (χ0) is 16.8. The van der Waals surface area contributed by atoms with Gasteiger partial charge in [-0.3, -0.25) is 9.59 Å². The molecule has 0 bridgehead atoms. The molecule has 0 amide bonds. The molecule has 2 aromatic carbocycles. The van der Waals surface area contributed by atoms with Crippen molar-refractivity contribution in [2.24, 2.45) is 0 Å². The maximum absolute atomic E-state index is 10.5. The Morgan fingerprint density at radius 1 is 0.696 bits per heavy atom. The molecule has 5 heteroatoms. The van der Waals surface area contributed by atoms with Crippen molar-refractivity contribution in [2.45, 2.75) is 13.8 Å². The lowest BCUT2D eigenvalue weighted by atomic mass is 10.2. The van der Waals surface area contributed by atoms with Crippen LogP contribution in [-0.4, -0.2) is 10.2 Å². The fourth-order valence-corrected chi connectivity index (χ4v) is 1.46. The molecule has 23 heavy (non-hydrogen) atoms. The van der Waals surface area contributed by atoms with E-state index >= 15 is 0 Å². The lowest BCUT2D eigenvalue weighted by Crippen LogP contribution is -1.84. The zero-order valence-electron chi connectivity index (χ0n) is 13.0. The second-order valence-electron chi connectivity index (χ2n) is 4.01. The fraction of sp³-hybridized carbons (Fsp3) is 0.111. The minimum absolute atomic E-state index is 0. The average molecular weight is 369 g/mol. The number of carbonyl (C=O) groups is 2. The topological polar surface area (TPSA) is 34.1 Å². The van der Waals surface area contributed by atoms with E-state index in [-0.39, 0.29) is 22.6 Å². The van der Waals surface area contributed by atoms with E-state index in [9.17, 15) is 9.59 Å². The van der Waals surface area contributed by atoms with Gasteiger partial charge in [0.25, 0.3) is 0 Å². The predicted molar refractivity (Wildman–Crippen MR) is 107 cm³/mol. The summed E-state index contributed by atoms with van der Waals surface area (Å²) in [6, 6.07) is 17.9. The Morgan fingerprint density at radius 2 is 0.957 bits per heavy atom. The van der Waals surface area contributed by atoms with Gasteiger partial charge in [-0.25, -0.2) is 0 Å². The quantitative estimate of drug-likeness (QED) is 0.540. The van der Waals surface area contributed by atoms with Crippen LogP contribution in [0, 0.1) is 0 Å². The molecule has 0 heterocycles. The largest absolute Gasteiger partial charge is 0.282 e. The van der Waals surface area contributed by atoms with Crippen LogP contribution < -0.4 is 0 Å². The molecule has 2 rings (SSSR count). The van der Waals surface area contributed by atoms with Gasteiger partial charge >= 0.3 is 0 Å². The minimum Gasteiger partial charge on any atom is -0.282 e. The van der Waals surface area contributed by atoms with E-state index in [1.54, 1.807) is 24.3 Å². The van der Waals surface area contributed by atoms with E-state index in [0.717, 1.165) is 0 Å². The van der Waals surface area contributed by atoms with Crippen LogP contribution in [0.25, 0.3) is 0 Å². The van der Waals surface area contributed by atoms with Gasteiger partial charge < -0.3 is 0 Å². The summed E-state index contributed by atoms with van der Waals surface area (Å²) in [6.07, 6.45) is 4.00. The molecular formula is C18H21ClO2S2. The van der Waals surface area contributed by atoms with Crippen LogP contribution in [0.3, 0.4) is 0 Å². The maximum Gasteiger partial charge on any atom is 0.216 e. The highest BCUT2D eigenvalue weighted by atomic mass is 35.5. The lowest BCUT2D eigenvalue weighted by molar-refractivity contribution is 0.108. The van der Waals surface area contributed by atoms with Crippen molar-refractivity contribution in [2.75, 3.05) is 0 Å². The van der Waals surface area contributed by atoms with E-state index in [1.807, 2.05) is 62.4 Å². The van der Waals surface area contributed by atoms with Crippen LogP contribution in [0.4, 0.5) is 0 Å². The minimum atomic E-state index is -0.185. The summed E-state index contributed by atoms with van der Waals surface area (Å²) in [5.41, 5.74) is 1.28. The zero-order valence-corrected chi connectivity index (χ0v) is 15.7. The monoisotopic (exact) mass is 368 g/mol. The first-order chi connectivity index (χ1) is 10.5. The van der Waals surface area contributed by atoms with Gasteiger partial charge in [-0.15, -0.1) is 37.7 Å². The van der Waals surface area contributed by atoms with Crippen LogP contribution in [0.1, 0.15) is 34.6 Å². The Labute approximate surface area is 155 Å². The molecule has 0 saturated carbocycles. The summed E-state index contributed by atoms with van der Waals surface area (Å²) in [6.45, 7) is 4.00. The van der Waals surface area contributed by atoms with E-state index in [4.69, 9.17) is 0 Å². The molecule has 0 aliphatic rings. The molecule has 0 saturated heterocycles. The molecule has 0 N–H and O–H groups in total. The summed E-state index contributed by atoms with van der Waals surface area (Å²) in [7, 11) is 0. The third-order valence-corrected chi connectivity index (χ3v) is 2.89. The first kappa shape index (κ1) is 23.8. The molecule has 0 aromatic heterocycles.